The Labute approximate surface area is 147 Å². The van der Waals surface area contributed by atoms with Crippen molar-refractivity contribution >= 4 is 0 Å². The molecule has 128 valence electrons. The summed E-state index contributed by atoms with van der Waals surface area (Å²) in [6.45, 7) is 3.87. The van der Waals surface area contributed by atoms with E-state index in [2.05, 4.69) is 37.0 Å². The number of aryl methyl sites for hydroxylation is 1. The first-order valence-electron chi connectivity index (χ1n) is 8.79. The Kier molecular flexibility index (Phi) is 4.52. The van der Waals surface area contributed by atoms with Gasteiger partial charge >= 0.3 is 0 Å². The van der Waals surface area contributed by atoms with Crippen molar-refractivity contribution in [3.05, 3.63) is 60.1 Å². The number of aromatic nitrogens is 5. The quantitative estimate of drug-likeness (QED) is 0.793. The molecule has 3 aromatic heterocycles. The molecular formula is C19H22N6. The maximum Gasteiger partial charge on any atom is 0.156 e. The molecular weight excluding hydrogens is 312 g/mol. The molecule has 1 aliphatic heterocycles. The molecule has 4 heterocycles. The molecule has 1 atom stereocenters. The summed E-state index contributed by atoms with van der Waals surface area (Å²) in [7, 11) is 0. The Morgan fingerprint density at radius 3 is 2.92 bits per heavy atom. The standard InChI is InChI=1S/C19H22N6/c1-14-23-16(12-17(24-14)19-21-9-10-22-19)18-7-3-5-11-25(18)13-15-6-2-4-8-20-15/h2,4,6,8-10,12,18H,3,5,7,11,13H2,1H3,(H,21,22). The van der Waals surface area contributed by atoms with Gasteiger partial charge in [-0.25, -0.2) is 15.0 Å². The molecule has 1 fully saturated rings. The summed E-state index contributed by atoms with van der Waals surface area (Å²) in [5.74, 6) is 1.58. The summed E-state index contributed by atoms with van der Waals surface area (Å²) in [4.78, 5) is 23.7. The number of piperidine rings is 1. The first kappa shape index (κ1) is 15.9. The molecule has 1 saturated heterocycles. The Morgan fingerprint density at radius 1 is 1.16 bits per heavy atom. The summed E-state index contributed by atoms with van der Waals surface area (Å²) in [6, 6.07) is 8.47. The molecule has 1 N–H and O–H groups in total. The number of hydrogen-bond donors (Lipinski definition) is 1. The summed E-state index contributed by atoms with van der Waals surface area (Å²) in [6.07, 6.45) is 8.99. The van der Waals surface area contributed by atoms with Gasteiger partial charge in [-0.2, -0.15) is 0 Å². The predicted octanol–water partition coefficient (Wildman–Crippen LogP) is 3.30. The van der Waals surface area contributed by atoms with Crippen LogP contribution in [-0.2, 0) is 6.54 Å². The highest BCUT2D eigenvalue weighted by molar-refractivity contribution is 5.49. The molecule has 0 saturated carbocycles. The molecule has 25 heavy (non-hydrogen) atoms. The van der Waals surface area contributed by atoms with Crippen molar-refractivity contribution in [2.45, 2.75) is 38.8 Å². The smallest absolute Gasteiger partial charge is 0.156 e. The second-order valence-corrected chi connectivity index (χ2v) is 6.47. The minimum Gasteiger partial charge on any atom is -0.343 e. The van der Waals surface area contributed by atoms with E-state index in [0.29, 0.717) is 6.04 Å². The van der Waals surface area contributed by atoms with E-state index in [1.807, 2.05) is 31.5 Å². The largest absolute Gasteiger partial charge is 0.343 e. The average molecular weight is 334 g/mol. The van der Waals surface area contributed by atoms with Crippen LogP contribution in [0.2, 0.25) is 0 Å². The van der Waals surface area contributed by atoms with E-state index < -0.39 is 0 Å². The van der Waals surface area contributed by atoms with Crippen LogP contribution in [0, 0.1) is 6.92 Å². The zero-order valence-corrected chi connectivity index (χ0v) is 14.4. The third kappa shape index (κ3) is 3.58. The maximum atomic E-state index is 4.74. The van der Waals surface area contributed by atoms with Crippen molar-refractivity contribution in [3.8, 4) is 11.5 Å². The van der Waals surface area contributed by atoms with Crippen molar-refractivity contribution in [2.75, 3.05) is 6.54 Å². The summed E-state index contributed by atoms with van der Waals surface area (Å²) < 4.78 is 0. The van der Waals surface area contributed by atoms with E-state index >= 15 is 0 Å². The van der Waals surface area contributed by atoms with E-state index in [0.717, 1.165) is 48.2 Å². The molecule has 0 amide bonds. The fourth-order valence-corrected chi connectivity index (χ4v) is 3.50. The van der Waals surface area contributed by atoms with Crippen LogP contribution < -0.4 is 0 Å². The van der Waals surface area contributed by atoms with Gasteiger partial charge in [-0.3, -0.25) is 9.88 Å². The van der Waals surface area contributed by atoms with Crippen LogP contribution in [0.4, 0.5) is 0 Å². The first-order chi connectivity index (χ1) is 12.3. The highest BCUT2D eigenvalue weighted by atomic mass is 15.2. The number of H-pyrrole nitrogens is 1. The Hall–Kier alpha value is -2.60. The van der Waals surface area contributed by atoms with Crippen LogP contribution in [0.15, 0.2) is 42.9 Å². The fourth-order valence-electron chi connectivity index (χ4n) is 3.50. The third-order valence-electron chi connectivity index (χ3n) is 4.64. The summed E-state index contributed by atoms with van der Waals surface area (Å²) in [5.41, 5.74) is 3.04. The minimum absolute atomic E-state index is 0.297. The van der Waals surface area contributed by atoms with Gasteiger partial charge in [-0.15, -0.1) is 0 Å². The highest BCUT2D eigenvalue weighted by Crippen LogP contribution is 2.32. The number of hydrogen-bond acceptors (Lipinski definition) is 5. The van der Waals surface area contributed by atoms with Crippen molar-refractivity contribution in [1.29, 1.82) is 0 Å². The molecule has 0 radical (unpaired) electrons. The molecule has 3 aromatic rings. The van der Waals surface area contributed by atoms with E-state index in [9.17, 15) is 0 Å². The lowest BCUT2D eigenvalue weighted by Gasteiger charge is -2.35. The minimum atomic E-state index is 0.297. The average Bonchev–Trinajstić information content (AvgIpc) is 3.17. The van der Waals surface area contributed by atoms with Crippen molar-refractivity contribution < 1.29 is 0 Å². The number of imidazole rings is 1. The molecule has 6 heteroatoms. The van der Waals surface area contributed by atoms with Gasteiger partial charge < -0.3 is 4.98 Å². The molecule has 4 rings (SSSR count). The van der Waals surface area contributed by atoms with E-state index in [4.69, 9.17) is 4.98 Å². The van der Waals surface area contributed by atoms with Crippen LogP contribution in [-0.4, -0.2) is 36.4 Å². The van der Waals surface area contributed by atoms with Gasteiger partial charge in [0.25, 0.3) is 0 Å². The number of nitrogens with one attached hydrogen (secondary N) is 1. The second-order valence-electron chi connectivity index (χ2n) is 6.47. The molecule has 6 nitrogen and oxygen atoms in total. The fraction of sp³-hybridized carbons (Fsp3) is 0.368. The zero-order valence-electron chi connectivity index (χ0n) is 14.4. The van der Waals surface area contributed by atoms with Crippen LogP contribution >= 0.6 is 0 Å². The number of aromatic amines is 1. The van der Waals surface area contributed by atoms with E-state index in [1.54, 1.807) is 6.20 Å². The van der Waals surface area contributed by atoms with Crippen LogP contribution in [0.1, 0.15) is 42.5 Å². The van der Waals surface area contributed by atoms with Crippen LogP contribution in [0.5, 0.6) is 0 Å². The Morgan fingerprint density at radius 2 is 2.12 bits per heavy atom. The topological polar surface area (TPSA) is 70.6 Å². The Balaban J connectivity index is 1.64. The van der Waals surface area contributed by atoms with Gasteiger partial charge in [0.15, 0.2) is 5.82 Å². The van der Waals surface area contributed by atoms with Crippen molar-refractivity contribution in [1.82, 2.24) is 29.8 Å². The van der Waals surface area contributed by atoms with Gasteiger partial charge in [0, 0.05) is 25.1 Å². The SMILES string of the molecule is Cc1nc(-c2ncc[nH]2)cc(C2CCCCN2Cc2ccccn2)n1. The maximum absolute atomic E-state index is 4.74. The predicted molar refractivity (Wildman–Crippen MR) is 95.6 cm³/mol. The van der Waals surface area contributed by atoms with Gasteiger partial charge in [0.1, 0.15) is 11.5 Å². The lowest BCUT2D eigenvalue weighted by molar-refractivity contribution is 0.135. The number of pyridine rings is 1. The highest BCUT2D eigenvalue weighted by Gasteiger charge is 2.26. The van der Waals surface area contributed by atoms with E-state index in [-0.39, 0.29) is 0 Å². The lowest BCUT2D eigenvalue weighted by Crippen LogP contribution is -2.33. The van der Waals surface area contributed by atoms with E-state index in [1.165, 1.54) is 12.8 Å². The summed E-state index contributed by atoms with van der Waals surface area (Å²) in [5, 5.41) is 0. The van der Waals surface area contributed by atoms with Gasteiger partial charge in [0.2, 0.25) is 0 Å². The van der Waals surface area contributed by atoms with Gasteiger partial charge in [0.05, 0.1) is 17.4 Å². The van der Waals surface area contributed by atoms with Crippen LogP contribution in [0.3, 0.4) is 0 Å². The van der Waals surface area contributed by atoms with Crippen molar-refractivity contribution in [3.63, 3.8) is 0 Å². The molecule has 0 aromatic carbocycles. The summed E-state index contributed by atoms with van der Waals surface area (Å²) >= 11 is 0. The van der Waals surface area contributed by atoms with Gasteiger partial charge in [-0.05, 0) is 44.5 Å². The number of rotatable bonds is 4. The molecule has 0 aliphatic carbocycles. The van der Waals surface area contributed by atoms with Crippen molar-refractivity contribution in [2.24, 2.45) is 0 Å². The first-order valence-corrected chi connectivity index (χ1v) is 8.79. The molecule has 0 bridgehead atoms. The molecule has 1 aliphatic rings. The Bertz CT molecular complexity index is 815. The second kappa shape index (κ2) is 7.11. The van der Waals surface area contributed by atoms with Gasteiger partial charge in [-0.1, -0.05) is 12.5 Å². The zero-order chi connectivity index (χ0) is 17.1. The monoisotopic (exact) mass is 334 g/mol. The van der Waals surface area contributed by atoms with Crippen LogP contribution in [0.25, 0.3) is 11.5 Å². The third-order valence-corrected chi connectivity index (χ3v) is 4.64. The normalized spacial score (nSPS) is 18.4. The lowest BCUT2D eigenvalue weighted by atomic mass is 9.98. The number of nitrogens with zero attached hydrogens (tertiary/aromatic N) is 5. The number of likely N-dealkylation sites (tertiary alicyclic amines) is 1. The molecule has 1 unspecified atom stereocenters. The molecule has 0 spiro atoms.